The highest BCUT2D eigenvalue weighted by atomic mass is 15.3. The van der Waals surface area contributed by atoms with Crippen LogP contribution >= 0.6 is 0 Å². The van der Waals surface area contributed by atoms with Gasteiger partial charge >= 0.3 is 0 Å². The molecule has 0 bridgehead atoms. The van der Waals surface area contributed by atoms with Gasteiger partial charge in [0.25, 0.3) is 0 Å². The van der Waals surface area contributed by atoms with Gasteiger partial charge in [0.15, 0.2) is 0 Å². The van der Waals surface area contributed by atoms with Crippen molar-refractivity contribution in [3.63, 3.8) is 0 Å². The van der Waals surface area contributed by atoms with Crippen LogP contribution in [0.15, 0.2) is 12.3 Å². The minimum atomic E-state index is 0.429. The molecule has 0 aliphatic heterocycles. The smallest absolute Gasteiger partial charge is 0.0615 e. The maximum absolute atomic E-state index is 4.41. The van der Waals surface area contributed by atoms with E-state index in [0.717, 1.165) is 12.2 Å². The number of rotatable bonds is 6. The molecule has 1 N–H and O–H groups in total. The molecule has 1 aromatic heterocycles. The molecule has 0 spiro atoms. The fraction of sp³-hybridized carbons (Fsp3) is 0.750. The van der Waals surface area contributed by atoms with Crippen LogP contribution in [0.1, 0.15) is 45.3 Å². The van der Waals surface area contributed by atoms with Gasteiger partial charge in [-0.1, -0.05) is 13.3 Å². The second-order valence-electron chi connectivity index (χ2n) is 4.38. The monoisotopic (exact) mass is 209 g/mol. The molecule has 0 radical (unpaired) electrons. The van der Waals surface area contributed by atoms with Gasteiger partial charge in [0.2, 0.25) is 0 Å². The molecular formula is C12H23N3. The molecule has 0 aromatic carbocycles. The zero-order valence-electron chi connectivity index (χ0n) is 10.3. The van der Waals surface area contributed by atoms with E-state index >= 15 is 0 Å². The average Bonchev–Trinajstić information content (AvgIpc) is 2.62. The largest absolute Gasteiger partial charge is 0.312 e. The van der Waals surface area contributed by atoms with Gasteiger partial charge in [0, 0.05) is 18.8 Å². The highest BCUT2D eigenvalue weighted by Gasteiger charge is 2.07. The van der Waals surface area contributed by atoms with Gasteiger partial charge in [0.1, 0.15) is 0 Å². The molecule has 0 saturated heterocycles. The average molecular weight is 209 g/mol. The van der Waals surface area contributed by atoms with Crippen molar-refractivity contribution in [3.8, 4) is 0 Å². The third-order valence-corrected chi connectivity index (χ3v) is 2.68. The molecule has 3 heteroatoms. The zero-order valence-corrected chi connectivity index (χ0v) is 10.3. The van der Waals surface area contributed by atoms with Crippen LogP contribution in [0.3, 0.4) is 0 Å². The number of nitrogens with zero attached hydrogens (tertiary/aromatic N) is 2. The molecule has 0 amide bonds. The Morgan fingerprint density at radius 1 is 1.47 bits per heavy atom. The molecule has 0 aliphatic carbocycles. The second kappa shape index (κ2) is 5.91. The van der Waals surface area contributed by atoms with Crippen LogP contribution in [0.5, 0.6) is 0 Å². The van der Waals surface area contributed by atoms with Crippen molar-refractivity contribution in [1.29, 1.82) is 0 Å². The summed E-state index contributed by atoms with van der Waals surface area (Å²) in [5.41, 5.74) is 1.09. The predicted molar refractivity (Wildman–Crippen MR) is 64.0 cm³/mol. The van der Waals surface area contributed by atoms with E-state index in [0.29, 0.717) is 12.1 Å². The SMILES string of the molecule is CCCC(C)NCC(C)n1ccc(C)n1. The third-order valence-electron chi connectivity index (χ3n) is 2.68. The van der Waals surface area contributed by atoms with Crippen molar-refractivity contribution in [2.75, 3.05) is 6.54 Å². The molecular weight excluding hydrogens is 186 g/mol. The lowest BCUT2D eigenvalue weighted by molar-refractivity contribution is 0.411. The van der Waals surface area contributed by atoms with E-state index in [1.807, 2.05) is 23.9 Å². The molecule has 0 aliphatic rings. The Balaban J connectivity index is 2.33. The van der Waals surface area contributed by atoms with Crippen LogP contribution in [-0.2, 0) is 0 Å². The number of hydrogen-bond donors (Lipinski definition) is 1. The highest BCUT2D eigenvalue weighted by molar-refractivity contribution is 4.95. The second-order valence-corrected chi connectivity index (χ2v) is 4.38. The molecule has 0 saturated carbocycles. The Morgan fingerprint density at radius 2 is 2.20 bits per heavy atom. The van der Waals surface area contributed by atoms with Crippen LogP contribution in [0.25, 0.3) is 0 Å². The fourth-order valence-corrected chi connectivity index (χ4v) is 1.68. The third kappa shape index (κ3) is 4.04. The van der Waals surface area contributed by atoms with Gasteiger partial charge in [-0.3, -0.25) is 4.68 Å². The Kier molecular flexibility index (Phi) is 4.82. The lowest BCUT2D eigenvalue weighted by atomic mass is 10.2. The Labute approximate surface area is 92.9 Å². The summed E-state index contributed by atoms with van der Waals surface area (Å²) in [6.07, 6.45) is 4.53. The lowest BCUT2D eigenvalue weighted by Gasteiger charge is -2.17. The summed E-state index contributed by atoms with van der Waals surface area (Å²) < 4.78 is 2.03. The van der Waals surface area contributed by atoms with E-state index in [-0.39, 0.29) is 0 Å². The molecule has 0 fully saturated rings. The number of aromatic nitrogens is 2. The van der Waals surface area contributed by atoms with Crippen molar-refractivity contribution < 1.29 is 0 Å². The summed E-state index contributed by atoms with van der Waals surface area (Å²) in [5.74, 6) is 0. The van der Waals surface area contributed by atoms with E-state index in [4.69, 9.17) is 0 Å². The molecule has 1 rings (SSSR count). The van der Waals surface area contributed by atoms with Crippen LogP contribution < -0.4 is 5.32 Å². The predicted octanol–water partition coefficient (Wildman–Crippen LogP) is 2.53. The Hall–Kier alpha value is -0.830. The van der Waals surface area contributed by atoms with Gasteiger partial charge in [-0.25, -0.2) is 0 Å². The van der Waals surface area contributed by atoms with Crippen molar-refractivity contribution in [3.05, 3.63) is 18.0 Å². The standard InChI is InChI=1S/C12H23N3/c1-5-6-10(2)13-9-12(4)15-8-7-11(3)14-15/h7-8,10,12-13H,5-6,9H2,1-4H3. The summed E-state index contributed by atoms with van der Waals surface area (Å²) in [6.45, 7) is 9.67. The quantitative estimate of drug-likeness (QED) is 0.780. The topological polar surface area (TPSA) is 29.9 Å². The fourth-order valence-electron chi connectivity index (χ4n) is 1.68. The van der Waals surface area contributed by atoms with Gasteiger partial charge in [-0.2, -0.15) is 5.10 Å². The van der Waals surface area contributed by atoms with Gasteiger partial charge in [-0.05, 0) is 33.3 Å². The van der Waals surface area contributed by atoms with Crippen LogP contribution in [0, 0.1) is 6.92 Å². The molecule has 1 heterocycles. The highest BCUT2D eigenvalue weighted by Crippen LogP contribution is 2.05. The van der Waals surface area contributed by atoms with E-state index in [2.05, 4.69) is 31.2 Å². The maximum atomic E-state index is 4.41. The van der Waals surface area contributed by atoms with Crippen molar-refractivity contribution in [2.24, 2.45) is 0 Å². The van der Waals surface area contributed by atoms with Gasteiger partial charge in [-0.15, -0.1) is 0 Å². The summed E-state index contributed by atoms with van der Waals surface area (Å²) in [6, 6.07) is 3.08. The van der Waals surface area contributed by atoms with Crippen LogP contribution in [0.2, 0.25) is 0 Å². The first kappa shape index (κ1) is 12.2. The summed E-state index contributed by atoms with van der Waals surface area (Å²) in [4.78, 5) is 0. The molecule has 15 heavy (non-hydrogen) atoms. The lowest BCUT2D eigenvalue weighted by Crippen LogP contribution is -2.31. The maximum Gasteiger partial charge on any atom is 0.0615 e. The summed E-state index contributed by atoms with van der Waals surface area (Å²) in [5, 5.41) is 7.94. The molecule has 86 valence electrons. The van der Waals surface area contributed by atoms with Crippen LogP contribution in [0.4, 0.5) is 0 Å². The minimum absolute atomic E-state index is 0.429. The van der Waals surface area contributed by atoms with Crippen molar-refractivity contribution in [2.45, 2.75) is 52.6 Å². The molecule has 3 nitrogen and oxygen atoms in total. The Bertz CT molecular complexity index is 280. The van der Waals surface area contributed by atoms with Crippen molar-refractivity contribution in [1.82, 2.24) is 15.1 Å². The van der Waals surface area contributed by atoms with E-state index in [1.54, 1.807) is 0 Å². The number of nitrogens with one attached hydrogen (secondary N) is 1. The zero-order chi connectivity index (χ0) is 11.3. The van der Waals surface area contributed by atoms with E-state index in [9.17, 15) is 0 Å². The molecule has 2 unspecified atom stereocenters. The summed E-state index contributed by atoms with van der Waals surface area (Å²) >= 11 is 0. The van der Waals surface area contributed by atoms with Gasteiger partial charge in [0.05, 0.1) is 11.7 Å². The number of hydrogen-bond acceptors (Lipinski definition) is 2. The first-order valence-electron chi connectivity index (χ1n) is 5.88. The molecule has 1 aromatic rings. The first-order chi connectivity index (χ1) is 7.13. The molecule has 2 atom stereocenters. The number of aryl methyl sites for hydroxylation is 1. The first-order valence-corrected chi connectivity index (χ1v) is 5.88. The summed E-state index contributed by atoms with van der Waals surface area (Å²) in [7, 11) is 0. The van der Waals surface area contributed by atoms with E-state index in [1.165, 1.54) is 12.8 Å². The van der Waals surface area contributed by atoms with Crippen molar-refractivity contribution >= 4 is 0 Å². The normalized spacial score (nSPS) is 15.2. The van der Waals surface area contributed by atoms with E-state index < -0.39 is 0 Å². The minimum Gasteiger partial charge on any atom is -0.312 e. The van der Waals surface area contributed by atoms with Gasteiger partial charge < -0.3 is 5.32 Å². The Morgan fingerprint density at radius 3 is 2.73 bits per heavy atom. The van der Waals surface area contributed by atoms with Crippen LogP contribution in [-0.4, -0.2) is 22.4 Å².